The van der Waals surface area contributed by atoms with Gasteiger partial charge in [-0.2, -0.15) is 0 Å². The van der Waals surface area contributed by atoms with Crippen molar-refractivity contribution in [3.63, 3.8) is 0 Å². The van der Waals surface area contributed by atoms with Crippen LogP contribution in [0.5, 0.6) is 11.5 Å². The summed E-state index contributed by atoms with van der Waals surface area (Å²) < 4.78 is 12.3. The van der Waals surface area contributed by atoms with E-state index in [9.17, 15) is 4.79 Å². The van der Waals surface area contributed by atoms with Crippen molar-refractivity contribution in [1.82, 2.24) is 0 Å². The highest BCUT2D eigenvalue weighted by Crippen LogP contribution is 2.42. The van der Waals surface area contributed by atoms with Gasteiger partial charge in [0, 0.05) is 15.5 Å². The Labute approximate surface area is 186 Å². The van der Waals surface area contributed by atoms with Gasteiger partial charge < -0.3 is 9.47 Å². The van der Waals surface area contributed by atoms with Crippen LogP contribution >= 0.6 is 39.3 Å². The Hall–Kier alpha value is -2.21. The molecule has 0 bridgehead atoms. The van der Waals surface area contributed by atoms with Gasteiger partial charge in [0.2, 0.25) is 5.78 Å². The zero-order valence-corrected chi connectivity index (χ0v) is 18.6. The number of allylic oxidation sites excluding steroid dienone is 1. The van der Waals surface area contributed by atoms with Crippen molar-refractivity contribution >= 4 is 51.2 Å². The minimum Gasteiger partial charge on any atom is -0.493 e. The van der Waals surface area contributed by atoms with E-state index < -0.39 is 0 Å². The molecule has 1 aliphatic heterocycles. The number of carbonyl (C=O) groups is 1. The lowest BCUT2D eigenvalue weighted by Crippen LogP contribution is -1.99. The maximum absolute atomic E-state index is 12.6. The largest absolute Gasteiger partial charge is 0.493 e. The van der Waals surface area contributed by atoms with Crippen molar-refractivity contribution in [1.29, 1.82) is 0 Å². The SMILES string of the molecule is COc1cc(/C=C2\Sc3ccccc3C2=O)cc(Br)c1OCc1ccc(Cl)cc1. The molecule has 0 fully saturated rings. The fraction of sp³-hybridized carbons (Fsp3) is 0.0870. The van der Waals surface area contributed by atoms with Gasteiger partial charge in [0.15, 0.2) is 11.5 Å². The van der Waals surface area contributed by atoms with Crippen LogP contribution in [0.2, 0.25) is 5.02 Å². The van der Waals surface area contributed by atoms with Gasteiger partial charge in [-0.3, -0.25) is 4.79 Å². The number of thioether (sulfide) groups is 1. The Morgan fingerprint density at radius 2 is 1.86 bits per heavy atom. The highest BCUT2D eigenvalue weighted by Gasteiger charge is 2.25. The van der Waals surface area contributed by atoms with Crippen LogP contribution in [0.3, 0.4) is 0 Å². The van der Waals surface area contributed by atoms with E-state index in [-0.39, 0.29) is 5.78 Å². The molecule has 3 aromatic rings. The molecule has 0 saturated carbocycles. The van der Waals surface area contributed by atoms with Crippen molar-refractivity contribution in [3.05, 3.63) is 91.8 Å². The number of benzene rings is 3. The lowest BCUT2D eigenvalue weighted by atomic mass is 10.1. The normalized spacial score (nSPS) is 14.2. The number of fused-ring (bicyclic) bond motifs is 1. The summed E-state index contributed by atoms with van der Waals surface area (Å²) in [4.78, 5) is 14.3. The molecule has 0 unspecified atom stereocenters. The predicted octanol–water partition coefficient (Wildman–Crippen LogP) is 7.02. The number of ketones is 1. The van der Waals surface area contributed by atoms with E-state index in [4.69, 9.17) is 21.1 Å². The summed E-state index contributed by atoms with van der Waals surface area (Å²) in [7, 11) is 1.60. The molecule has 0 amide bonds. The molecule has 4 rings (SSSR count). The summed E-state index contributed by atoms with van der Waals surface area (Å²) in [5.74, 6) is 1.25. The number of halogens is 2. The van der Waals surface area contributed by atoms with Crippen molar-refractivity contribution in [2.24, 2.45) is 0 Å². The highest BCUT2D eigenvalue weighted by molar-refractivity contribution is 9.10. The maximum Gasteiger partial charge on any atom is 0.200 e. The third kappa shape index (κ3) is 4.37. The first-order chi connectivity index (χ1) is 14.0. The molecular formula is C23H16BrClO3S. The molecule has 3 aromatic carbocycles. The van der Waals surface area contributed by atoms with Crippen molar-refractivity contribution < 1.29 is 14.3 Å². The molecule has 0 aromatic heterocycles. The minimum absolute atomic E-state index is 0.0451. The fourth-order valence-electron chi connectivity index (χ4n) is 2.99. The van der Waals surface area contributed by atoms with E-state index in [1.807, 2.05) is 66.7 Å². The van der Waals surface area contributed by atoms with Gasteiger partial charge in [-0.1, -0.05) is 47.6 Å². The van der Waals surface area contributed by atoms with E-state index in [0.717, 1.165) is 26.1 Å². The molecule has 0 atom stereocenters. The monoisotopic (exact) mass is 486 g/mol. The van der Waals surface area contributed by atoms with Gasteiger partial charge in [0.05, 0.1) is 16.5 Å². The number of methoxy groups -OCH3 is 1. The Morgan fingerprint density at radius 3 is 2.59 bits per heavy atom. The Bertz CT molecular complexity index is 1110. The average molecular weight is 488 g/mol. The predicted molar refractivity (Wildman–Crippen MR) is 121 cm³/mol. The lowest BCUT2D eigenvalue weighted by molar-refractivity contribution is 0.104. The standard InChI is InChI=1S/C23H16BrClO3S/c1-27-19-11-15(12-21-22(26)17-4-2-3-5-20(17)29-21)10-18(24)23(19)28-13-14-6-8-16(25)9-7-14/h2-12H,13H2,1H3/b21-12-. The average Bonchev–Trinajstić information content (AvgIpc) is 3.04. The Morgan fingerprint density at radius 1 is 1.10 bits per heavy atom. The highest BCUT2D eigenvalue weighted by atomic mass is 79.9. The van der Waals surface area contributed by atoms with Gasteiger partial charge in [0.25, 0.3) is 0 Å². The van der Waals surface area contributed by atoms with E-state index in [1.54, 1.807) is 7.11 Å². The van der Waals surface area contributed by atoms with E-state index >= 15 is 0 Å². The summed E-state index contributed by atoms with van der Waals surface area (Å²) in [6.07, 6.45) is 1.88. The number of rotatable bonds is 5. The van der Waals surface area contributed by atoms with E-state index in [1.165, 1.54) is 11.8 Å². The number of hydrogen-bond donors (Lipinski definition) is 0. The molecule has 0 aliphatic carbocycles. The smallest absolute Gasteiger partial charge is 0.200 e. The van der Waals surface area contributed by atoms with E-state index in [0.29, 0.717) is 28.0 Å². The second-order valence-corrected chi connectivity index (χ2v) is 8.76. The number of ether oxygens (including phenoxy) is 2. The molecule has 1 heterocycles. The first-order valence-electron chi connectivity index (χ1n) is 8.83. The second kappa shape index (κ2) is 8.66. The van der Waals surface area contributed by atoms with Crippen LogP contribution in [0.1, 0.15) is 21.5 Å². The Kier molecular flexibility index (Phi) is 5.99. The number of Topliss-reactive ketones (excluding diaryl/α,β-unsaturated/α-hetero) is 1. The fourth-order valence-corrected chi connectivity index (χ4v) is 4.74. The maximum atomic E-state index is 12.6. The third-order valence-electron chi connectivity index (χ3n) is 4.42. The van der Waals surface area contributed by atoms with Crippen LogP contribution in [-0.4, -0.2) is 12.9 Å². The molecular weight excluding hydrogens is 472 g/mol. The van der Waals surface area contributed by atoms with Crippen LogP contribution in [0, 0.1) is 0 Å². The van der Waals surface area contributed by atoms with Crippen LogP contribution in [0.25, 0.3) is 6.08 Å². The second-order valence-electron chi connectivity index (χ2n) is 6.39. The summed E-state index contributed by atoms with van der Waals surface area (Å²) >= 11 is 11.0. The van der Waals surface area contributed by atoms with Crippen LogP contribution < -0.4 is 9.47 Å². The quantitative estimate of drug-likeness (QED) is 0.362. The van der Waals surface area contributed by atoms with Crippen molar-refractivity contribution in [2.75, 3.05) is 7.11 Å². The minimum atomic E-state index is 0.0451. The number of hydrogen-bond acceptors (Lipinski definition) is 4. The zero-order chi connectivity index (χ0) is 20.4. The van der Waals surface area contributed by atoms with Gasteiger partial charge in [-0.25, -0.2) is 0 Å². The van der Waals surface area contributed by atoms with Gasteiger partial charge in [0.1, 0.15) is 6.61 Å². The van der Waals surface area contributed by atoms with Crippen LogP contribution in [0.15, 0.2) is 74.9 Å². The van der Waals surface area contributed by atoms with Crippen LogP contribution in [0.4, 0.5) is 0 Å². The van der Waals surface area contributed by atoms with Gasteiger partial charge in [-0.05, 0) is 69.5 Å². The molecule has 6 heteroatoms. The molecule has 0 N–H and O–H groups in total. The third-order valence-corrected chi connectivity index (χ3v) is 6.36. The first kappa shape index (κ1) is 20.1. The molecule has 0 saturated heterocycles. The van der Waals surface area contributed by atoms with Gasteiger partial charge >= 0.3 is 0 Å². The van der Waals surface area contributed by atoms with Crippen molar-refractivity contribution in [2.45, 2.75) is 11.5 Å². The molecule has 29 heavy (non-hydrogen) atoms. The topological polar surface area (TPSA) is 35.5 Å². The molecule has 3 nitrogen and oxygen atoms in total. The molecule has 1 aliphatic rings. The van der Waals surface area contributed by atoms with E-state index in [2.05, 4.69) is 15.9 Å². The Balaban J connectivity index is 1.58. The first-order valence-corrected chi connectivity index (χ1v) is 10.8. The zero-order valence-electron chi connectivity index (χ0n) is 15.4. The summed E-state index contributed by atoms with van der Waals surface area (Å²) in [6.45, 7) is 0.385. The summed E-state index contributed by atoms with van der Waals surface area (Å²) in [6, 6.07) is 18.9. The molecule has 146 valence electrons. The molecule has 0 radical (unpaired) electrons. The number of carbonyl (C=O) groups excluding carboxylic acids is 1. The summed E-state index contributed by atoms with van der Waals surface area (Å²) in [5.41, 5.74) is 2.61. The van der Waals surface area contributed by atoms with Crippen LogP contribution in [-0.2, 0) is 6.61 Å². The molecule has 0 spiro atoms. The summed E-state index contributed by atoms with van der Waals surface area (Å²) in [5, 5.41) is 0.686. The van der Waals surface area contributed by atoms with Gasteiger partial charge in [-0.15, -0.1) is 0 Å². The van der Waals surface area contributed by atoms with Crippen molar-refractivity contribution in [3.8, 4) is 11.5 Å². The lowest BCUT2D eigenvalue weighted by Gasteiger charge is -2.14.